The number of amides is 1. The highest BCUT2D eigenvalue weighted by molar-refractivity contribution is 6.01. The number of Topliss-reactive ketones (excluding diaryl/α,β-unsaturated/α-hetero) is 1. The third-order valence-electron chi connectivity index (χ3n) is 6.18. The third kappa shape index (κ3) is 4.45. The summed E-state index contributed by atoms with van der Waals surface area (Å²) < 4.78 is 7.95. The number of hydrogen-bond acceptors (Lipinski definition) is 3. The van der Waals surface area contributed by atoms with Crippen LogP contribution < -0.4 is 5.32 Å². The summed E-state index contributed by atoms with van der Waals surface area (Å²) in [5.41, 5.74) is 5.05. The van der Waals surface area contributed by atoms with Gasteiger partial charge in [0.2, 0.25) is 5.91 Å². The molecule has 1 N–H and O–H groups in total. The van der Waals surface area contributed by atoms with Crippen LogP contribution in [0.4, 0.5) is 0 Å². The summed E-state index contributed by atoms with van der Waals surface area (Å²) in [6.45, 7) is 4.12. The molecule has 1 amide bonds. The molecule has 154 valence electrons. The Hall–Kier alpha value is -2.40. The van der Waals surface area contributed by atoms with E-state index in [-0.39, 0.29) is 24.2 Å². The van der Waals surface area contributed by atoms with Crippen molar-refractivity contribution >= 4 is 11.7 Å². The molecule has 1 aromatic carbocycles. The van der Waals surface area contributed by atoms with Crippen LogP contribution in [0.2, 0.25) is 0 Å². The summed E-state index contributed by atoms with van der Waals surface area (Å²) in [5.74, 6) is 0.153. The summed E-state index contributed by atoms with van der Waals surface area (Å²) in [6.07, 6.45) is 5.99. The number of hydrogen-bond donors (Lipinski definition) is 1. The predicted molar refractivity (Wildman–Crippen MR) is 112 cm³/mol. The van der Waals surface area contributed by atoms with Gasteiger partial charge in [-0.15, -0.1) is 0 Å². The number of nitrogens with zero attached hydrogens (tertiary/aromatic N) is 1. The van der Waals surface area contributed by atoms with Gasteiger partial charge in [-0.1, -0.05) is 30.3 Å². The van der Waals surface area contributed by atoms with Gasteiger partial charge >= 0.3 is 0 Å². The standard InChI is InChI=1S/C24H30N2O3/c1-17-20(14-23(28)25-15-19-10-5-6-13-29-19)24-21(11-7-12-22(24)27)26(17)16-18-8-3-2-4-9-18/h2-4,8-9,19H,5-7,10-16H2,1H3,(H,25,28). The van der Waals surface area contributed by atoms with Gasteiger partial charge in [-0.25, -0.2) is 0 Å². The Morgan fingerprint density at radius 1 is 1.17 bits per heavy atom. The molecule has 5 nitrogen and oxygen atoms in total. The van der Waals surface area contributed by atoms with E-state index in [0.29, 0.717) is 13.0 Å². The van der Waals surface area contributed by atoms with E-state index in [1.807, 2.05) is 25.1 Å². The highest BCUT2D eigenvalue weighted by atomic mass is 16.5. The van der Waals surface area contributed by atoms with E-state index in [1.54, 1.807) is 0 Å². The topological polar surface area (TPSA) is 60.3 Å². The number of ketones is 1. The first-order valence-corrected chi connectivity index (χ1v) is 10.8. The molecular formula is C24H30N2O3. The van der Waals surface area contributed by atoms with Crippen molar-refractivity contribution in [1.82, 2.24) is 9.88 Å². The minimum absolute atomic E-state index is 0.0275. The largest absolute Gasteiger partial charge is 0.376 e. The molecule has 0 radical (unpaired) electrons. The van der Waals surface area contributed by atoms with Crippen molar-refractivity contribution in [1.29, 1.82) is 0 Å². The molecule has 5 heteroatoms. The molecule has 4 rings (SSSR count). The van der Waals surface area contributed by atoms with Gasteiger partial charge in [0, 0.05) is 43.1 Å². The number of nitrogens with one attached hydrogen (secondary N) is 1. The number of aromatic nitrogens is 1. The van der Waals surface area contributed by atoms with Gasteiger partial charge in [0.1, 0.15) is 0 Å². The summed E-state index contributed by atoms with van der Waals surface area (Å²) in [6, 6.07) is 10.3. The highest BCUT2D eigenvalue weighted by Crippen LogP contribution is 2.31. The molecule has 1 unspecified atom stereocenters. The number of fused-ring (bicyclic) bond motifs is 1. The van der Waals surface area contributed by atoms with Crippen LogP contribution in [0.3, 0.4) is 0 Å². The molecule has 1 fully saturated rings. The van der Waals surface area contributed by atoms with Gasteiger partial charge in [-0.05, 0) is 50.2 Å². The predicted octanol–water partition coefficient (Wildman–Crippen LogP) is 3.59. The second-order valence-electron chi connectivity index (χ2n) is 8.20. The van der Waals surface area contributed by atoms with Crippen molar-refractivity contribution < 1.29 is 14.3 Å². The third-order valence-corrected chi connectivity index (χ3v) is 6.18. The van der Waals surface area contributed by atoms with E-state index < -0.39 is 0 Å². The van der Waals surface area contributed by atoms with Crippen molar-refractivity contribution in [2.45, 2.75) is 64.5 Å². The smallest absolute Gasteiger partial charge is 0.224 e. The van der Waals surface area contributed by atoms with Crippen molar-refractivity contribution in [3.05, 3.63) is 58.4 Å². The van der Waals surface area contributed by atoms with Gasteiger partial charge in [0.15, 0.2) is 5.78 Å². The molecule has 2 heterocycles. The molecule has 1 atom stereocenters. The first kappa shape index (κ1) is 19.9. The van der Waals surface area contributed by atoms with Gasteiger partial charge in [0.05, 0.1) is 12.5 Å². The maximum absolute atomic E-state index is 12.7. The van der Waals surface area contributed by atoms with Crippen molar-refractivity contribution in [2.24, 2.45) is 0 Å². The maximum atomic E-state index is 12.7. The second kappa shape index (κ2) is 8.95. The fourth-order valence-corrected chi connectivity index (χ4v) is 4.60. The Bertz CT molecular complexity index is 879. The van der Waals surface area contributed by atoms with Crippen LogP contribution in [0.1, 0.15) is 65.0 Å². The van der Waals surface area contributed by atoms with E-state index in [0.717, 1.165) is 67.8 Å². The van der Waals surface area contributed by atoms with E-state index in [4.69, 9.17) is 4.74 Å². The fourth-order valence-electron chi connectivity index (χ4n) is 4.60. The number of rotatable bonds is 6. The molecule has 29 heavy (non-hydrogen) atoms. The van der Waals surface area contributed by atoms with Crippen molar-refractivity contribution in [2.75, 3.05) is 13.2 Å². The van der Waals surface area contributed by atoms with Gasteiger partial charge in [0.25, 0.3) is 0 Å². The Labute approximate surface area is 172 Å². The van der Waals surface area contributed by atoms with E-state index in [9.17, 15) is 9.59 Å². The molecule has 0 saturated carbocycles. The average molecular weight is 395 g/mol. The minimum atomic E-state index is -0.0275. The first-order chi connectivity index (χ1) is 14.1. The quantitative estimate of drug-likeness (QED) is 0.814. The van der Waals surface area contributed by atoms with Crippen LogP contribution in [0.5, 0.6) is 0 Å². The van der Waals surface area contributed by atoms with Crippen molar-refractivity contribution in [3.63, 3.8) is 0 Å². The highest BCUT2D eigenvalue weighted by Gasteiger charge is 2.29. The van der Waals surface area contributed by atoms with Crippen LogP contribution in [0, 0.1) is 6.92 Å². The van der Waals surface area contributed by atoms with Gasteiger partial charge in [-0.2, -0.15) is 0 Å². The number of carbonyl (C=O) groups is 2. The van der Waals surface area contributed by atoms with Crippen LogP contribution in [0.25, 0.3) is 0 Å². The SMILES string of the molecule is Cc1c(CC(=O)NCC2CCCCO2)c2c(n1Cc1ccccc1)CCCC2=O. The lowest BCUT2D eigenvalue weighted by Gasteiger charge is -2.22. The number of benzene rings is 1. The lowest BCUT2D eigenvalue weighted by atomic mass is 9.92. The van der Waals surface area contributed by atoms with E-state index in [1.165, 1.54) is 5.56 Å². The fraction of sp³-hybridized carbons (Fsp3) is 0.500. The number of carbonyl (C=O) groups excluding carboxylic acids is 2. The first-order valence-electron chi connectivity index (χ1n) is 10.8. The molecule has 0 spiro atoms. The van der Waals surface area contributed by atoms with Crippen LogP contribution in [-0.2, 0) is 28.9 Å². The van der Waals surface area contributed by atoms with E-state index >= 15 is 0 Å². The summed E-state index contributed by atoms with van der Waals surface area (Å²) in [7, 11) is 0. The Morgan fingerprint density at radius 3 is 2.76 bits per heavy atom. The molecule has 2 aromatic rings. The summed E-state index contributed by atoms with van der Waals surface area (Å²) >= 11 is 0. The average Bonchev–Trinajstić information content (AvgIpc) is 3.01. The molecule has 1 saturated heterocycles. The lowest BCUT2D eigenvalue weighted by Crippen LogP contribution is -2.36. The Morgan fingerprint density at radius 2 is 2.00 bits per heavy atom. The zero-order chi connectivity index (χ0) is 20.2. The molecule has 2 aliphatic rings. The van der Waals surface area contributed by atoms with Crippen LogP contribution in [0.15, 0.2) is 30.3 Å². The molecule has 1 aliphatic heterocycles. The minimum Gasteiger partial charge on any atom is -0.376 e. The number of ether oxygens (including phenoxy) is 1. The van der Waals surface area contributed by atoms with Crippen molar-refractivity contribution in [3.8, 4) is 0 Å². The maximum Gasteiger partial charge on any atom is 0.224 e. The molecular weight excluding hydrogens is 364 g/mol. The van der Waals surface area contributed by atoms with Gasteiger partial charge < -0.3 is 14.6 Å². The Kier molecular flexibility index (Phi) is 6.14. The normalized spacial score (nSPS) is 19.1. The summed E-state index contributed by atoms with van der Waals surface area (Å²) in [5, 5.41) is 3.02. The lowest BCUT2D eigenvalue weighted by molar-refractivity contribution is -0.121. The van der Waals surface area contributed by atoms with E-state index in [2.05, 4.69) is 22.0 Å². The molecule has 1 aromatic heterocycles. The molecule has 0 bridgehead atoms. The monoisotopic (exact) mass is 394 g/mol. The Balaban J connectivity index is 1.54. The second-order valence-corrected chi connectivity index (χ2v) is 8.20. The zero-order valence-corrected chi connectivity index (χ0v) is 17.2. The van der Waals surface area contributed by atoms with Crippen LogP contribution >= 0.6 is 0 Å². The van der Waals surface area contributed by atoms with Crippen LogP contribution in [-0.4, -0.2) is 35.5 Å². The molecule has 1 aliphatic carbocycles. The zero-order valence-electron chi connectivity index (χ0n) is 17.2. The van der Waals surface area contributed by atoms with Gasteiger partial charge in [-0.3, -0.25) is 9.59 Å². The summed E-state index contributed by atoms with van der Waals surface area (Å²) in [4.78, 5) is 25.4.